The fourth-order valence-corrected chi connectivity index (χ4v) is 3.64. The van der Waals surface area contributed by atoms with Crippen LogP contribution in [0.25, 0.3) is 0 Å². The first kappa shape index (κ1) is 18.6. The summed E-state index contributed by atoms with van der Waals surface area (Å²) >= 11 is 0. The van der Waals surface area contributed by atoms with Gasteiger partial charge in [-0.05, 0) is 63.9 Å². The van der Waals surface area contributed by atoms with Gasteiger partial charge in [0, 0.05) is 25.7 Å². The van der Waals surface area contributed by atoms with Crippen molar-refractivity contribution in [1.82, 2.24) is 9.80 Å². The lowest BCUT2D eigenvalue weighted by Gasteiger charge is -2.39. The van der Waals surface area contributed by atoms with Gasteiger partial charge in [-0.3, -0.25) is 9.89 Å². The van der Waals surface area contributed by atoms with Crippen LogP contribution in [-0.2, 0) is 0 Å². The van der Waals surface area contributed by atoms with Crippen molar-refractivity contribution < 1.29 is 4.74 Å². The van der Waals surface area contributed by atoms with Gasteiger partial charge in [-0.25, -0.2) is 0 Å². The SMILES string of the molecule is CCN(CC)C(N)=NCC1CCCN(C)C1c1ccc(OC)cc1. The summed E-state index contributed by atoms with van der Waals surface area (Å²) in [5, 5.41) is 0. The molecule has 0 amide bonds. The van der Waals surface area contributed by atoms with Gasteiger partial charge in [-0.2, -0.15) is 0 Å². The highest BCUT2D eigenvalue weighted by molar-refractivity contribution is 5.78. The van der Waals surface area contributed by atoms with Crippen molar-refractivity contribution in [2.45, 2.75) is 32.7 Å². The number of ether oxygens (including phenoxy) is 1. The van der Waals surface area contributed by atoms with Crippen LogP contribution in [0.3, 0.4) is 0 Å². The maximum atomic E-state index is 6.16. The number of benzene rings is 1. The summed E-state index contributed by atoms with van der Waals surface area (Å²) in [5.74, 6) is 2.06. The third-order valence-corrected chi connectivity index (χ3v) is 5.04. The van der Waals surface area contributed by atoms with E-state index in [1.807, 2.05) is 12.1 Å². The van der Waals surface area contributed by atoms with E-state index in [1.165, 1.54) is 18.4 Å². The minimum absolute atomic E-state index is 0.387. The average Bonchev–Trinajstić information content (AvgIpc) is 2.61. The molecule has 134 valence electrons. The van der Waals surface area contributed by atoms with Crippen molar-refractivity contribution >= 4 is 5.96 Å². The molecule has 5 nitrogen and oxygen atoms in total. The van der Waals surface area contributed by atoms with Gasteiger partial charge in [0.25, 0.3) is 0 Å². The molecule has 2 atom stereocenters. The van der Waals surface area contributed by atoms with Crippen LogP contribution < -0.4 is 10.5 Å². The number of hydrogen-bond donors (Lipinski definition) is 1. The molecule has 1 aromatic carbocycles. The minimum atomic E-state index is 0.387. The highest BCUT2D eigenvalue weighted by Crippen LogP contribution is 2.35. The molecule has 2 rings (SSSR count). The summed E-state index contributed by atoms with van der Waals surface area (Å²) in [6.45, 7) is 7.93. The highest BCUT2D eigenvalue weighted by Gasteiger charge is 2.30. The quantitative estimate of drug-likeness (QED) is 0.643. The average molecular weight is 332 g/mol. The van der Waals surface area contributed by atoms with Crippen LogP contribution >= 0.6 is 0 Å². The number of likely N-dealkylation sites (tertiary alicyclic amines) is 1. The molecule has 1 aliphatic heterocycles. The fourth-order valence-electron chi connectivity index (χ4n) is 3.64. The molecule has 5 heteroatoms. The predicted molar refractivity (Wildman–Crippen MR) is 100 cm³/mol. The Hall–Kier alpha value is -1.75. The zero-order chi connectivity index (χ0) is 17.5. The molecule has 0 radical (unpaired) electrons. The number of methoxy groups -OCH3 is 1. The molecule has 0 saturated carbocycles. The summed E-state index contributed by atoms with van der Waals surface area (Å²) in [6, 6.07) is 8.83. The van der Waals surface area contributed by atoms with Crippen LogP contribution in [0.2, 0.25) is 0 Å². The lowest BCUT2D eigenvalue weighted by Crippen LogP contribution is -2.40. The summed E-state index contributed by atoms with van der Waals surface area (Å²) in [4.78, 5) is 9.25. The maximum absolute atomic E-state index is 6.16. The van der Waals surface area contributed by atoms with E-state index in [0.29, 0.717) is 17.9 Å². The van der Waals surface area contributed by atoms with Crippen molar-refractivity contribution in [3.8, 4) is 5.75 Å². The van der Waals surface area contributed by atoms with E-state index >= 15 is 0 Å². The number of nitrogens with zero attached hydrogens (tertiary/aromatic N) is 3. The Balaban J connectivity index is 2.14. The lowest BCUT2D eigenvalue weighted by molar-refractivity contribution is 0.125. The zero-order valence-electron chi connectivity index (χ0n) is 15.5. The normalized spacial score (nSPS) is 22.4. The molecule has 2 N–H and O–H groups in total. The van der Waals surface area contributed by atoms with Crippen LogP contribution in [-0.4, -0.2) is 56.1 Å². The van der Waals surface area contributed by atoms with E-state index in [4.69, 9.17) is 15.5 Å². The number of nitrogens with two attached hydrogens (primary N) is 1. The Morgan fingerprint density at radius 2 is 1.96 bits per heavy atom. The lowest BCUT2D eigenvalue weighted by atomic mass is 9.85. The van der Waals surface area contributed by atoms with Crippen LogP contribution in [0.15, 0.2) is 29.3 Å². The third-order valence-electron chi connectivity index (χ3n) is 5.04. The van der Waals surface area contributed by atoms with Crippen LogP contribution in [0.4, 0.5) is 0 Å². The second-order valence-corrected chi connectivity index (χ2v) is 6.47. The Bertz CT molecular complexity index is 525. The Morgan fingerprint density at radius 3 is 2.54 bits per heavy atom. The van der Waals surface area contributed by atoms with Gasteiger partial charge in [0.05, 0.1) is 7.11 Å². The molecule has 0 spiro atoms. The molecule has 0 aromatic heterocycles. The summed E-state index contributed by atoms with van der Waals surface area (Å²) < 4.78 is 5.28. The minimum Gasteiger partial charge on any atom is -0.497 e. The first-order valence-electron chi connectivity index (χ1n) is 8.99. The number of aliphatic imine (C=N–C) groups is 1. The molecule has 1 fully saturated rings. The van der Waals surface area contributed by atoms with Gasteiger partial charge in [-0.1, -0.05) is 12.1 Å². The van der Waals surface area contributed by atoms with Crippen molar-refractivity contribution in [2.24, 2.45) is 16.6 Å². The molecular weight excluding hydrogens is 300 g/mol. The smallest absolute Gasteiger partial charge is 0.191 e. The van der Waals surface area contributed by atoms with Gasteiger partial charge in [0.2, 0.25) is 0 Å². The van der Waals surface area contributed by atoms with Crippen LogP contribution in [0.1, 0.15) is 38.3 Å². The van der Waals surface area contributed by atoms with Gasteiger partial charge >= 0.3 is 0 Å². The van der Waals surface area contributed by atoms with Gasteiger partial charge in [0.1, 0.15) is 5.75 Å². The van der Waals surface area contributed by atoms with Gasteiger partial charge in [-0.15, -0.1) is 0 Å². The second-order valence-electron chi connectivity index (χ2n) is 6.47. The van der Waals surface area contributed by atoms with E-state index in [2.05, 4.69) is 42.8 Å². The van der Waals surface area contributed by atoms with E-state index in [9.17, 15) is 0 Å². The molecule has 24 heavy (non-hydrogen) atoms. The molecular formula is C19H32N4O. The van der Waals surface area contributed by atoms with E-state index in [-0.39, 0.29) is 0 Å². The molecule has 0 bridgehead atoms. The Labute approximate surface area is 146 Å². The van der Waals surface area contributed by atoms with Crippen LogP contribution in [0.5, 0.6) is 5.75 Å². The molecule has 1 saturated heterocycles. The van der Waals surface area contributed by atoms with Crippen LogP contribution in [0, 0.1) is 5.92 Å². The van der Waals surface area contributed by atoms with Gasteiger partial charge < -0.3 is 15.4 Å². The Morgan fingerprint density at radius 1 is 1.29 bits per heavy atom. The first-order valence-corrected chi connectivity index (χ1v) is 8.99. The summed E-state index contributed by atoms with van der Waals surface area (Å²) in [7, 11) is 3.91. The largest absolute Gasteiger partial charge is 0.497 e. The van der Waals surface area contributed by atoms with Crippen molar-refractivity contribution in [2.75, 3.05) is 40.3 Å². The Kier molecular flexibility index (Phi) is 6.91. The van der Waals surface area contributed by atoms with Crippen molar-refractivity contribution in [3.63, 3.8) is 0 Å². The third kappa shape index (κ3) is 4.41. The van der Waals surface area contributed by atoms with Crippen molar-refractivity contribution in [3.05, 3.63) is 29.8 Å². The highest BCUT2D eigenvalue weighted by atomic mass is 16.5. The first-order chi connectivity index (χ1) is 11.6. The van der Waals surface area contributed by atoms with E-state index in [0.717, 1.165) is 31.9 Å². The topological polar surface area (TPSA) is 54.1 Å². The molecule has 1 aromatic rings. The molecule has 0 aliphatic carbocycles. The maximum Gasteiger partial charge on any atom is 0.191 e. The number of rotatable bonds is 6. The van der Waals surface area contributed by atoms with E-state index in [1.54, 1.807) is 7.11 Å². The molecule has 1 heterocycles. The zero-order valence-corrected chi connectivity index (χ0v) is 15.5. The summed E-state index contributed by atoms with van der Waals surface area (Å²) in [5.41, 5.74) is 7.49. The number of piperidine rings is 1. The van der Waals surface area contributed by atoms with Crippen molar-refractivity contribution in [1.29, 1.82) is 0 Å². The number of hydrogen-bond acceptors (Lipinski definition) is 3. The fraction of sp³-hybridized carbons (Fsp3) is 0.632. The van der Waals surface area contributed by atoms with E-state index < -0.39 is 0 Å². The standard InChI is InChI=1S/C19H32N4O/c1-5-23(6-2)19(20)21-14-16-8-7-13-22(3)18(16)15-9-11-17(24-4)12-10-15/h9-12,16,18H,5-8,13-14H2,1-4H3,(H2,20,21). The summed E-state index contributed by atoms with van der Waals surface area (Å²) in [6.07, 6.45) is 2.41. The molecule has 1 aliphatic rings. The monoisotopic (exact) mass is 332 g/mol. The predicted octanol–water partition coefficient (Wildman–Crippen LogP) is 2.73. The second kappa shape index (κ2) is 8.92. The molecule has 2 unspecified atom stereocenters. The number of guanidine groups is 1. The van der Waals surface area contributed by atoms with Gasteiger partial charge in [0.15, 0.2) is 5.96 Å².